The average molecular weight is 500 g/mol. The van der Waals surface area contributed by atoms with E-state index in [0.717, 1.165) is 5.56 Å². The van der Waals surface area contributed by atoms with Crippen LogP contribution in [0.1, 0.15) is 47.1 Å². The highest BCUT2D eigenvalue weighted by atomic mass is 19.3. The maximum absolute atomic E-state index is 12.7. The number of methoxy groups -OCH3 is 2. The largest absolute Gasteiger partial charge is 0.493 e. The van der Waals surface area contributed by atoms with Gasteiger partial charge < -0.3 is 24.3 Å². The number of alkyl halides is 2. The van der Waals surface area contributed by atoms with Gasteiger partial charge in [-0.1, -0.05) is 32.9 Å². The Morgan fingerprint density at radius 2 is 1.39 bits per heavy atom. The first-order valence-corrected chi connectivity index (χ1v) is 11.0. The van der Waals surface area contributed by atoms with Crippen LogP contribution in [0.25, 0.3) is 0 Å². The maximum Gasteiger partial charge on any atom is 0.387 e. The van der Waals surface area contributed by atoms with Crippen LogP contribution in [0.2, 0.25) is 0 Å². The van der Waals surface area contributed by atoms with Gasteiger partial charge in [-0.05, 0) is 59.5 Å². The van der Waals surface area contributed by atoms with Gasteiger partial charge in [0.15, 0.2) is 11.5 Å². The highest BCUT2D eigenvalue weighted by Gasteiger charge is 2.21. The maximum atomic E-state index is 12.7. The second kappa shape index (κ2) is 11.1. The summed E-state index contributed by atoms with van der Waals surface area (Å²) in [7, 11) is 2.49. The Labute approximate surface area is 207 Å². The lowest BCUT2D eigenvalue weighted by atomic mass is 9.87. The van der Waals surface area contributed by atoms with E-state index in [-0.39, 0.29) is 39.9 Å². The number of anilines is 1. The summed E-state index contributed by atoms with van der Waals surface area (Å²) >= 11 is 0. The van der Waals surface area contributed by atoms with Crippen LogP contribution in [0, 0.1) is 0 Å². The SMILES string of the molecule is COc1cc(C(=O)Oc2ccc(NC(=O)c3ccc(C(C)(C)C)cc3)cc2)cc(OC)c1OC(F)F. The molecule has 0 saturated carbocycles. The quantitative estimate of drug-likeness (QED) is 0.299. The average Bonchev–Trinajstić information content (AvgIpc) is 2.84. The van der Waals surface area contributed by atoms with Gasteiger partial charge in [0, 0.05) is 11.3 Å². The van der Waals surface area contributed by atoms with Crippen LogP contribution >= 0.6 is 0 Å². The second-order valence-corrected chi connectivity index (χ2v) is 8.78. The highest BCUT2D eigenvalue weighted by Crippen LogP contribution is 2.39. The summed E-state index contributed by atoms with van der Waals surface area (Å²) in [5, 5.41) is 2.79. The highest BCUT2D eigenvalue weighted by molar-refractivity contribution is 6.04. The van der Waals surface area contributed by atoms with E-state index in [4.69, 9.17) is 14.2 Å². The third-order valence-electron chi connectivity index (χ3n) is 5.24. The van der Waals surface area contributed by atoms with Crippen LogP contribution in [0.3, 0.4) is 0 Å². The Morgan fingerprint density at radius 3 is 1.86 bits per heavy atom. The van der Waals surface area contributed by atoms with Crippen molar-refractivity contribution in [1.82, 2.24) is 0 Å². The molecular formula is C27H27F2NO6. The van der Waals surface area contributed by atoms with Gasteiger partial charge in [-0.2, -0.15) is 8.78 Å². The van der Waals surface area contributed by atoms with Crippen molar-refractivity contribution in [3.63, 3.8) is 0 Å². The summed E-state index contributed by atoms with van der Waals surface area (Å²) in [6, 6.07) is 16.0. The number of hydrogen-bond acceptors (Lipinski definition) is 6. The molecule has 0 bridgehead atoms. The minimum Gasteiger partial charge on any atom is -0.493 e. The molecule has 0 aliphatic rings. The lowest BCUT2D eigenvalue weighted by Gasteiger charge is -2.19. The van der Waals surface area contributed by atoms with Gasteiger partial charge >= 0.3 is 12.6 Å². The van der Waals surface area contributed by atoms with E-state index >= 15 is 0 Å². The fourth-order valence-electron chi connectivity index (χ4n) is 3.30. The van der Waals surface area contributed by atoms with Crippen molar-refractivity contribution in [3.05, 3.63) is 77.4 Å². The Morgan fingerprint density at radius 1 is 0.833 bits per heavy atom. The molecule has 36 heavy (non-hydrogen) atoms. The normalized spacial score (nSPS) is 11.1. The number of rotatable bonds is 8. The zero-order valence-electron chi connectivity index (χ0n) is 20.6. The molecule has 0 atom stereocenters. The van der Waals surface area contributed by atoms with Crippen molar-refractivity contribution in [2.24, 2.45) is 0 Å². The van der Waals surface area contributed by atoms with E-state index in [1.54, 1.807) is 24.3 Å². The van der Waals surface area contributed by atoms with Crippen molar-refractivity contribution in [2.75, 3.05) is 19.5 Å². The zero-order valence-corrected chi connectivity index (χ0v) is 20.6. The van der Waals surface area contributed by atoms with Crippen LogP contribution in [0.5, 0.6) is 23.0 Å². The lowest BCUT2D eigenvalue weighted by Crippen LogP contribution is -2.14. The van der Waals surface area contributed by atoms with Crippen LogP contribution in [-0.4, -0.2) is 32.7 Å². The summed E-state index contributed by atoms with van der Waals surface area (Å²) in [5.74, 6) is -1.40. The molecule has 9 heteroatoms. The first-order chi connectivity index (χ1) is 17.0. The second-order valence-electron chi connectivity index (χ2n) is 8.78. The molecule has 0 aliphatic heterocycles. The summed E-state index contributed by atoms with van der Waals surface area (Å²) in [4.78, 5) is 25.2. The van der Waals surface area contributed by atoms with Crippen molar-refractivity contribution in [3.8, 4) is 23.0 Å². The molecular weight excluding hydrogens is 472 g/mol. The van der Waals surface area contributed by atoms with Crippen LogP contribution < -0.4 is 24.3 Å². The molecule has 0 unspecified atom stereocenters. The van der Waals surface area contributed by atoms with Crippen molar-refractivity contribution >= 4 is 17.6 Å². The smallest absolute Gasteiger partial charge is 0.387 e. The molecule has 0 fully saturated rings. The number of benzene rings is 3. The minimum absolute atomic E-state index is 0.00130. The van der Waals surface area contributed by atoms with E-state index in [2.05, 4.69) is 30.8 Å². The van der Waals surface area contributed by atoms with Crippen LogP contribution in [0.4, 0.5) is 14.5 Å². The van der Waals surface area contributed by atoms with Gasteiger partial charge in [0.25, 0.3) is 5.91 Å². The fourth-order valence-corrected chi connectivity index (χ4v) is 3.30. The third-order valence-corrected chi connectivity index (χ3v) is 5.24. The predicted octanol–water partition coefficient (Wildman–Crippen LogP) is 6.07. The van der Waals surface area contributed by atoms with Crippen molar-refractivity contribution < 1.29 is 37.3 Å². The summed E-state index contributed by atoms with van der Waals surface area (Å²) in [5.41, 5.74) is 2.13. The van der Waals surface area contributed by atoms with Crippen molar-refractivity contribution in [2.45, 2.75) is 32.8 Å². The number of esters is 1. The Balaban J connectivity index is 1.69. The summed E-state index contributed by atoms with van der Waals surface area (Å²) < 4.78 is 45.3. The molecule has 190 valence electrons. The number of nitrogens with one attached hydrogen (secondary N) is 1. The van der Waals surface area contributed by atoms with E-state index in [0.29, 0.717) is 11.3 Å². The molecule has 3 aromatic carbocycles. The molecule has 0 saturated heterocycles. The number of carbonyl (C=O) groups excluding carboxylic acids is 2. The summed E-state index contributed by atoms with van der Waals surface area (Å²) in [6.07, 6.45) is 0. The van der Waals surface area contributed by atoms with Crippen LogP contribution in [-0.2, 0) is 5.41 Å². The molecule has 1 amide bonds. The molecule has 0 spiro atoms. The Bertz CT molecular complexity index is 1190. The lowest BCUT2D eigenvalue weighted by molar-refractivity contribution is -0.0526. The molecule has 7 nitrogen and oxygen atoms in total. The van der Waals surface area contributed by atoms with Crippen molar-refractivity contribution in [1.29, 1.82) is 0 Å². The number of hydrogen-bond donors (Lipinski definition) is 1. The monoisotopic (exact) mass is 499 g/mol. The first-order valence-electron chi connectivity index (χ1n) is 11.0. The Kier molecular flexibility index (Phi) is 8.14. The van der Waals surface area contributed by atoms with E-state index in [1.165, 1.54) is 38.5 Å². The number of ether oxygens (including phenoxy) is 4. The van der Waals surface area contributed by atoms with Gasteiger partial charge in [-0.25, -0.2) is 4.79 Å². The molecule has 0 heterocycles. The first kappa shape index (κ1) is 26.5. The predicted molar refractivity (Wildman–Crippen MR) is 131 cm³/mol. The molecule has 0 aromatic heterocycles. The fraction of sp³-hybridized carbons (Fsp3) is 0.259. The third kappa shape index (κ3) is 6.50. The molecule has 3 aromatic rings. The summed E-state index contributed by atoms with van der Waals surface area (Å²) in [6.45, 7) is 3.19. The van der Waals surface area contributed by atoms with Gasteiger partial charge in [0.05, 0.1) is 19.8 Å². The topological polar surface area (TPSA) is 83.1 Å². The number of carbonyl (C=O) groups is 2. The van der Waals surface area contributed by atoms with E-state index in [1.807, 2.05) is 12.1 Å². The number of halogens is 2. The van der Waals surface area contributed by atoms with E-state index < -0.39 is 12.6 Å². The zero-order chi connectivity index (χ0) is 26.5. The van der Waals surface area contributed by atoms with Crippen LogP contribution in [0.15, 0.2) is 60.7 Å². The van der Waals surface area contributed by atoms with Gasteiger partial charge in [0.2, 0.25) is 5.75 Å². The molecule has 1 N–H and O–H groups in total. The Hall–Kier alpha value is -4.14. The molecule has 0 aliphatic carbocycles. The van der Waals surface area contributed by atoms with Gasteiger partial charge in [0.1, 0.15) is 5.75 Å². The van der Waals surface area contributed by atoms with Gasteiger partial charge in [-0.15, -0.1) is 0 Å². The van der Waals surface area contributed by atoms with E-state index in [9.17, 15) is 18.4 Å². The molecule has 3 rings (SSSR count). The van der Waals surface area contributed by atoms with Gasteiger partial charge in [-0.3, -0.25) is 4.79 Å². The standard InChI is InChI=1S/C27H27F2NO6/c1-27(2,3)18-8-6-16(7-9-18)24(31)30-19-10-12-20(13-11-19)35-25(32)17-14-21(33-4)23(36-26(28)29)22(15-17)34-5/h6-15,26H,1-5H3,(H,30,31). The molecule has 0 radical (unpaired) electrons. The minimum atomic E-state index is -3.10. The number of amides is 1.